The standard InChI is InChI=1S/C32H34ClN7O3/c1-19-6-8-23(15-24(19)33)43-25-9-7-20(14-26(25)42-5)28-27-29(35)36-18-37-30(27)40(38-28)22-10-12-39(13-11-22)31(41)21(17-34)16-32(2,3)4/h6-9,14-16,18,22H,10-13H2,1-5H3,(H2,35,36,37)/b21-16+. The Morgan fingerprint density at radius 3 is 2.53 bits per heavy atom. The minimum Gasteiger partial charge on any atom is -0.493 e. The van der Waals surface area contributed by atoms with Crippen LogP contribution in [0.15, 0.2) is 54.4 Å². The van der Waals surface area contributed by atoms with Crippen LogP contribution >= 0.6 is 11.6 Å². The molecule has 2 aromatic carbocycles. The zero-order valence-electron chi connectivity index (χ0n) is 24.9. The van der Waals surface area contributed by atoms with Crippen molar-refractivity contribution in [1.82, 2.24) is 24.6 Å². The van der Waals surface area contributed by atoms with Gasteiger partial charge in [-0.05, 0) is 61.1 Å². The molecule has 0 unspecified atom stereocenters. The lowest BCUT2D eigenvalue weighted by Gasteiger charge is -2.32. The molecule has 1 fully saturated rings. The number of nitrogen functional groups attached to an aromatic ring is 1. The van der Waals surface area contributed by atoms with E-state index in [0.29, 0.717) is 70.7 Å². The first kappa shape index (κ1) is 29.9. The van der Waals surface area contributed by atoms with Gasteiger partial charge in [-0.2, -0.15) is 10.4 Å². The van der Waals surface area contributed by atoms with Gasteiger partial charge in [0.1, 0.15) is 35.2 Å². The van der Waals surface area contributed by atoms with Crippen molar-refractivity contribution < 1.29 is 14.3 Å². The van der Waals surface area contributed by atoms with E-state index in [0.717, 1.165) is 11.1 Å². The highest BCUT2D eigenvalue weighted by atomic mass is 35.5. The number of rotatable bonds is 6. The Kier molecular flexibility index (Phi) is 8.29. The maximum Gasteiger partial charge on any atom is 0.264 e. The van der Waals surface area contributed by atoms with Gasteiger partial charge in [0.2, 0.25) is 0 Å². The van der Waals surface area contributed by atoms with E-state index >= 15 is 0 Å². The zero-order chi connectivity index (χ0) is 30.9. The molecule has 0 bridgehead atoms. The van der Waals surface area contributed by atoms with Gasteiger partial charge >= 0.3 is 0 Å². The number of amides is 1. The molecule has 2 N–H and O–H groups in total. The molecule has 5 rings (SSSR count). The summed E-state index contributed by atoms with van der Waals surface area (Å²) in [5, 5.41) is 15.8. The largest absolute Gasteiger partial charge is 0.493 e. The van der Waals surface area contributed by atoms with Crippen molar-refractivity contribution in [2.45, 2.75) is 46.6 Å². The molecule has 0 saturated carbocycles. The SMILES string of the molecule is COc1cc(-c2nn(C3CCN(C(=O)/C(C#N)=C/C(C)(C)C)CC3)c3ncnc(N)c23)ccc1Oc1ccc(C)c(Cl)c1. The van der Waals surface area contributed by atoms with Crippen LogP contribution in [-0.4, -0.2) is 50.8 Å². The summed E-state index contributed by atoms with van der Waals surface area (Å²) in [6.45, 7) is 8.81. The second kappa shape index (κ2) is 11.9. The molecule has 0 aliphatic carbocycles. The van der Waals surface area contributed by atoms with Crippen molar-refractivity contribution in [3.05, 3.63) is 65.0 Å². The normalized spacial score (nSPS) is 14.5. The molecule has 11 heteroatoms. The highest BCUT2D eigenvalue weighted by Crippen LogP contribution is 2.39. The summed E-state index contributed by atoms with van der Waals surface area (Å²) < 4.78 is 13.6. The lowest BCUT2D eigenvalue weighted by Crippen LogP contribution is -2.40. The number of benzene rings is 2. The average Bonchev–Trinajstić information content (AvgIpc) is 3.38. The van der Waals surface area contributed by atoms with Crippen molar-refractivity contribution in [2.75, 3.05) is 25.9 Å². The number of carbonyl (C=O) groups excluding carboxylic acids is 1. The predicted molar refractivity (Wildman–Crippen MR) is 166 cm³/mol. The highest BCUT2D eigenvalue weighted by molar-refractivity contribution is 6.31. The first-order chi connectivity index (χ1) is 20.5. The van der Waals surface area contributed by atoms with Crippen molar-refractivity contribution in [3.8, 4) is 34.6 Å². The van der Waals surface area contributed by atoms with E-state index in [1.165, 1.54) is 6.33 Å². The summed E-state index contributed by atoms with van der Waals surface area (Å²) >= 11 is 6.28. The van der Waals surface area contributed by atoms with Crippen molar-refractivity contribution in [2.24, 2.45) is 5.41 Å². The molecule has 2 aromatic heterocycles. The molecular formula is C32H34ClN7O3. The van der Waals surface area contributed by atoms with Crippen LogP contribution in [0, 0.1) is 23.7 Å². The van der Waals surface area contributed by atoms with Gasteiger partial charge in [0.05, 0.1) is 18.5 Å². The molecule has 1 saturated heterocycles. The van der Waals surface area contributed by atoms with E-state index in [1.807, 2.05) is 62.7 Å². The van der Waals surface area contributed by atoms with Gasteiger partial charge in [0.25, 0.3) is 5.91 Å². The maximum atomic E-state index is 13.1. The minimum atomic E-state index is -0.273. The Morgan fingerprint density at radius 2 is 1.88 bits per heavy atom. The predicted octanol–water partition coefficient (Wildman–Crippen LogP) is 6.50. The summed E-state index contributed by atoms with van der Waals surface area (Å²) in [6, 6.07) is 13.1. The van der Waals surface area contributed by atoms with Crippen molar-refractivity contribution >= 4 is 34.4 Å². The molecule has 0 spiro atoms. The van der Waals surface area contributed by atoms with Crippen molar-refractivity contribution in [3.63, 3.8) is 0 Å². The quantitative estimate of drug-likeness (QED) is 0.196. The van der Waals surface area contributed by atoms with Crippen LogP contribution in [0.2, 0.25) is 5.02 Å². The zero-order valence-corrected chi connectivity index (χ0v) is 25.6. The molecule has 1 amide bonds. The summed E-state index contributed by atoms with van der Waals surface area (Å²) in [5.74, 6) is 1.70. The number of anilines is 1. The Balaban J connectivity index is 1.43. The molecule has 4 aromatic rings. The number of carbonyl (C=O) groups is 1. The van der Waals surface area contributed by atoms with Gasteiger partial charge in [-0.25, -0.2) is 14.6 Å². The number of halogens is 1. The van der Waals surface area contributed by atoms with E-state index in [-0.39, 0.29) is 22.9 Å². The lowest BCUT2D eigenvalue weighted by molar-refractivity contribution is -0.128. The van der Waals surface area contributed by atoms with Gasteiger partial charge in [-0.15, -0.1) is 0 Å². The monoisotopic (exact) mass is 599 g/mol. The van der Waals surface area contributed by atoms with Gasteiger partial charge < -0.3 is 20.1 Å². The number of fused-ring (bicyclic) bond motifs is 1. The number of piperidine rings is 1. The summed E-state index contributed by atoms with van der Waals surface area (Å²) in [7, 11) is 1.58. The second-order valence-corrected chi connectivity index (χ2v) is 12.1. The van der Waals surface area contributed by atoms with Crippen LogP contribution in [0.3, 0.4) is 0 Å². The smallest absolute Gasteiger partial charge is 0.264 e. The number of nitrogens with zero attached hydrogens (tertiary/aromatic N) is 6. The number of nitriles is 1. The van der Waals surface area contributed by atoms with Crippen LogP contribution in [0.25, 0.3) is 22.3 Å². The van der Waals surface area contributed by atoms with E-state index in [2.05, 4.69) is 16.0 Å². The average molecular weight is 600 g/mol. The van der Waals surface area contributed by atoms with Crippen LogP contribution in [0.1, 0.15) is 45.2 Å². The summed E-state index contributed by atoms with van der Waals surface area (Å²) in [5.41, 5.74) is 9.22. The number of ether oxygens (including phenoxy) is 2. The molecule has 222 valence electrons. The topological polar surface area (TPSA) is 132 Å². The number of methoxy groups -OCH3 is 1. The van der Waals surface area contributed by atoms with Crippen molar-refractivity contribution in [1.29, 1.82) is 5.26 Å². The number of aryl methyl sites for hydroxylation is 1. The lowest BCUT2D eigenvalue weighted by atomic mass is 9.93. The van der Waals surface area contributed by atoms with E-state index in [1.54, 1.807) is 24.2 Å². The first-order valence-electron chi connectivity index (χ1n) is 14.0. The summed E-state index contributed by atoms with van der Waals surface area (Å²) in [4.78, 5) is 23.6. The number of nitrogens with two attached hydrogens (primary N) is 1. The van der Waals surface area contributed by atoms with Gasteiger partial charge in [0, 0.05) is 23.7 Å². The Morgan fingerprint density at radius 1 is 1.14 bits per heavy atom. The first-order valence-corrected chi connectivity index (χ1v) is 14.4. The molecule has 1 aliphatic rings. The molecule has 0 atom stereocenters. The van der Waals surface area contributed by atoms with Gasteiger partial charge in [0.15, 0.2) is 17.1 Å². The molecule has 3 heterocycles. The van der Waals surface area contributed by atoms with E-state index in [9.17, 15) is 10.1 Å². The third-order valence-corrected chi connectivity index (χ3v) is 7.76. The Hall–Kier alpha value is -4.62. The fourth-order valence-corrected chi connectivity index (χ4v) is 5.34. The van der Waals surface area contributed by atoms with E-state index in [4.69, 9.17) is 31.9 Å². The molecule has 0 radical (unpaired) electrons. The van der Waals surface area contributed by atoms with Gasteiger partial charge in [-0.1, -0.05) is 44.5 Å². The van der Waals surface area contributed by atoms with Crippen LogP contribution < -0.4 is 15.2 Å². The van der Waals surface area contributed by atoms with Crippen LogP contribution in [0.5, 0.6) is 17.2 Å². The fourth-order valence-electron chi connectivity index (χ4n) is 5.17. The second-order valence-electron chi connectivity index (χ2n) is 11.7. The minimum absolute atomic E-state index is 0.0254. The molecule has 10 nitrogen and oxygen atoms in total. The number of likely N-dealkylation sites (tertiary alicyclic amines) is 1. The Bertz CT molecular complexity index is 1760. The molecule has 1 aliphatic heterocycles. The van der Waals surface area contributed by atoms with E-state index < -0.39 is 0 Å². The van der Waals surface area contributed by atoms with Gasteiger partial charge in [-0.3, -0.25) is 4.79 Å². The third kappa shape index (κ3) is 6.27. The van der Waals surface area contributed by atoms with Crippen LogP contribution in [-0.2, 0) is 4.79 Å². The number of hydrogen-bond donors (Lipinski definition) is 1. The fraction of sp³-hybridized carbons (Fsp3) is 0.344. The molecular weight excluding hydrogens is 566 g/mol. The Labute approximate surface area is 255 Å². The third-order valence-electron chi connectivity index (χ3n) is 7.35. The number of hydrogen-bond acceptors (Lipinski definition) is 8. The molecule has 43 heavy (non-hydrogen) atoms. The van der Waals surface area contributed by atoms with Crippen LogP contribution in [0.4, 0.5) is 5.82 Å². The maximum absolute atomic E-state index is 13.1. The highest BCUT2D eigenvalue weighted by Gasteiger charge is 2.30. The number of aromatic nitrogens is 4. The number of allylic oxidation sites excluding steroid dienone is 1. The summed E-state index contributed by atoms with van der Waals surface area (Å²) in [6.07, 6.45) is 4.46.